The van der Waals surface area contributed by atoms with Crippen LogP contribution in [0.25, 0.3) is 0 Å². The molecule has 1 rings (SSSR count). The predicted molar refractivity (Wildman–Crippen MR) is 73.5 cm³/mol. The minimum atomic E-state index is 0.426. The van der Waals surface area contributed by atoms with Gasteiger partial charge < -0.3 is 5.32 Å². The number of aryl methyl sites for hydroxylation is 1. The first-order chi connectivity index (χ1) is 7.93. The normalized spacial score (nSPS) is 13.4. The Morgan fingerprint density at radius 2 is 1.82 bits per heavy atom. The van der Waals surface area contributed by atoms with Gasteiger partial charge in [-0.3, -0.25) is 4.68 Å². The van der Waals surface area contributed by atoms with Crippen molar-refractivity contribution in [1.82, 2.24) is 15.1 Å². The largest absolute Gasteiger partial charge is 0.315 e. The molecule has 0 radical (unpaired) electrons. The first-order valence-electron chi connectivity index (χ1n) is 6.66. The molecule has 0 fully saturated rings. The molecule has 0 saturated carbocycles. The van der Waals surface area contributed by atoms with E-state index in [2.05, 4.69) is 56.6 Å². The highest BCUT2D eigenvalue weighted by atomic mass is 15.3. The standard InChI is InChI=1S/C14H27N3/c1-10(2)7-8-15-9-11(3)17-14(6)12(4)13(5)16-17/h10-11,15H,7-9H2,1-6H3. The van der Waals surface area contributed by atoms with Gasteiger partial charge in [0.25, 0.3) is 0 Å². The lowest BCUT2D eigenvalue weighted by molar-refractivity contribution is 0.431. The average Bonchev–Trinajstić information content (AvgIpc) is 2.52. The molecule has 0 aliphatic rings. The van der Waals surface area contributed by atoms with Gasteiger partial charge in [-0.15, -0.1) is 0 Å². The van der Waals surface area contributed by atoms with Crippen LogP contribution in [0.4, 0.5) is 0 Å². The molecule has 17 heavy (non-hydrogen) atoms. The molecule has 3 nitrogen and oxygen atoms in total. The van der Waals surface area contributed by atoms with E-state index < -0.39 is 0 Å². The number of aromatic nitrogens is 2. The van der Waals surface area contributed by atoms with Crippen LogP contribution in [0.2, 0.25) is 0 Å². The molecular weight excluding hydrogens is 210 g/mol. The van der Waals surface area contributed by atoms with Crippen molar-refractivity contribution in [2.24, 2.45) is 5.92 Å². The molecule has 98 valence electrons. The zero-order valence-corrected chi connectivity index (χ0v) is 12.2. The zero-order valence-electron chi connectivity index (χ0n) is 12.2. The highest BCUT2D eigenvalue weighted by molar-refractivity contribution is 5.22. The number of nitrogens with zero attached hydrogens (tertiary/aromatic N) is 2. The van der Waals surface area contributed by atoms with E-state index in [1.165, 1.54) is 17.7 Å². The SMILES string of the molecule is Cc1nn(C(C)CNCCC(C)C)c(C)c1C. The second-order valence-corrected chi connectivity index (χ2v) is 5.48. The summed E-state index contributed by atoms with van der Waals surface area (Å²) in [5.74, 6) is 0.772. The third kappa shape index (κ3) is 3.84. The molecule has 1 aromatic rings. The Balaban J connectivity index is 2.47. The van der Waals surface area contributed by atoms with Gasteiger partial charge in [0.1, 0.15) is 0 Å². The lowest BCUT2D eigenvalue weighted by atomic mass is 10.1. The monoisotopic (exact) mass is 237 g/mol. The van der Waals surface area contributed by atoms with E-state index in [0.29, 0.717) is 6.04 Å². The quantitative estimate of drug-likeness (QED) is 0.771. The fraction of sp³-hybridized carbons (Fsp3) is 0.786. The van der Waals surface area contributed by atoms with E-state index >= 15 is 0 Å². The second kappa shape index (κ2) is 6.20. The summed E-state index contributed by atoms with van der Waals surface area (Å²) < 4.78 is 2.15. The van der Waals surface area contributed by atoms with Gasteiger partial charge in [-0.25, -0.2) is 0 Å². The Kier molecular flexibility index (Phi) is 5.19. The lowest BCUT2D eigenvalue weighted by Gasteiger charge is -2.16. The Bertz CT molecular complexity index is 353. The van der Waals surface area contributed by atoms with Crippen LogP contribution in [-0.4, -0.2) is 22.9 Å². The Morgan fingerprint density at radius 3 is 2.29 bits per heavy atom. The number of hydrogen-bond acceptors (Lipinski definition) is 2. The zero-order chi connectivity index (χ0) is 13.0. The van der Waals surface area contributed by atoms with Crippen LogP contribution in [0.5, 0.6) is 0 Å². The fourth-order valence-electron chi connectivity index (χ4n) is 1.96. The fourth-order valence-corrected chi connectivity index (χ4v) is 1.96. The van der Waals surface area contributed by atoms with Gasteiger partial charge >= 0.3 is 0 Å². The molecule has 0 saturated heterocycles. The molecule has 3 heteroatoms. The molecule has 0 amide bonds. The first kappa shape index (κ1) is 14.2. The van der Waals surface area contributed by atoms with Crippen LogP contribution < -0.4 is 5.32 Å². The molecule has 1 heterocycles. The first-order valence-corrected chi connectivity index (χ1v) is 6.66. The van der Waals surface area contributed by atoms with Gasteiger partial charge in [-0.05, 0) is 52.1 Å². The second-order valence-electron chi connectivity index (χ2n) is 5.48. The van der Waals surface area contributed by atoms with Crippen LogP contribution in [0.15, 0.2) is 0 Å². The van der Waals surface area contributed by atoms with Crippen LogP contribution in [0.3, 0.4) is 0 Å². The van der Waals surface area contributed by atoms with Crippen molar-refractivity contribution >= 4 is 0 Å². The summed E-state index contributed by atoms with van der Waals surface area (Å²) in [7, 11) is 0. The van der Waals surface area contributed by atoms with Crippen LogP contribution in [0, 0.1) is 26.7 Å². The number of nitrogens with one attached hydrogen (secondary N) is 1. The van der Waals surface area contributed by atoms with Crippen LogP contribution in [-0.2, 0) is 0 Å². The topological polar surface area (TPSA) is 29.9 Å². The van der Waals surface area contributed by atoms with Crippen molar-refractivity contribution < 1.29 is 0 Å². The third-order valence-corrected chi connectivity index (χ3v) is 3.44. The van der Waals surface area contributed by atoms with E-state index in [9.17, 15) is 0 Å². The minimum absolute atomic E-state index is 0.426. The predicted octanol–water partition coefficient (Wildman–Crippen LogP) is 3.01. The van der Waals surface area contributed by atoms with Crippen molar-refractivity contribution in [1.29, 1.82) is 0 Å². The van der Waals surface area contributed by atoms with Crippen LogP contribution >= 0.6 is 0 Å². The van der Waals surface area contributed by atoms with Crippen molar-refractivity contribution in [3.8, 4) is 0 Å². The van der Waals surface area contributed by atoms with E-state index in [-0.39, 0.29) is 0 Å². The Hall–Kier alpha value is -0.830. The summed E-state index contributed by atoms with van der Waals surface area (Å²) in [6, 6.07) is 0.426. The van der Waals surface area contributed by atoms with E-state index in [4.69, 9.17) is 0 Å². The van der Waals surface area contributed by atoms with Gasteiger partial charge in [0.15, 0.2) is 0 Å². The van der Waals surface area contributed by atoms with E-state index in [1.807, 2.05) is 0 Å². The molecular formula is C14H27N3. The Morgan fingerprint density at radius 1 is 1.18 bits per heavy atom. The maximum Gasteiger partial charge on any atom is 0.0625 e. The molecule has 0 bridgehead atoms. The molecule has 0 aliphatic carbocycles. The average molecular weight is 237 g/mol. The molecule has 1 aromatic heterocycles. The lowest BCUT2D eigenvalue weighted by Crippen LogP contribution is -2.26. The van der Waals surface area contributed by atoms with Crippen molar-refractivity contribution in [3.05, 3.63) is 17.0 Å². The molecule has 0 spiro atoms. The summed E-state index contributed by atoms with van der Waals surface area (Å²) in [5, 5.41) is 8.11. The smallest absolute Gasteiger partial charge is 0.0625 e. The van der Waals surface area contributed by atoms with Gasteiger partial charge in [-0.2, -0.15) is 5.10 Å². The highest BCUT2D eigenvalue weighted by Gasteiger charge is 2.12. The van der Waals surface area contributed by atoms with Crippen molar-refractivity contribution in [3.63, 3.8) is 0 Å². The van der Waals surface area contributed by atoms with Crippen molar-refractivity contribution in [2.45, 2.75) is 54.0 Å². The summed E-state index contributed by atoms with van der Waals surface area (Å²) in [6.45, 7) is 15.2. The van der Waals surface area contributed by atoms with Gasteiger partial charge in [0, 0.05) is 12.2 Å². The van der Waals surface area contributed by atoms with Gasteiger partial charge in [0.2, 0.25) is 0 Å². The summed E-state index contributed by atoms with van der Waals surface area (Å²) in [4.78, 5) is 0. The highest BCUT2D eigenvalue weighted by Crippen LogP contribution is 2.15. The maximum absolute atomic E-state index is 4.60. The Labute approximate surface area is 106 Å². The number of hydrogen-bond donors (Lipinski definition) is 1. The molecule has 0 aromatic carbocycles. The molecule has 1 unspecified atom stereocenters. The van der Waals surface area contributed by atoms with E-state index in [0.717, 1.165) is 24.7 Å². The molecule has 1 atom stereocenters. The summed E-state index contributed by atoms with van der Waals surface area (Å²) in [6.07, 6.45) is 1.24. The molecule has 1 N–H and O–H groups in total. The van der Waals surface area contributed by atoms with E-state index in [1.54, 1.807) is 0 Å². The molecule has 0 aliphatic heterocycles. The van der Waals surface area contributed by atoms with Gasteiger partial charge in [0.05, 0.1) is 11.7 Å². The summed E-state index contributed by atoms with van der Waals surface area (Å²) in [5.41, 5.74) is 3.76. The summed E-state index contributed by atoms with van der Waals surface area (Å²) >= 11 is 0. The number of rotatable bonds is 6. The van der Waals surface area contributed by atoms with Gasteiger partial charge in [-0.1, -0.05) is 13.8 Å². The third-order valence-electron chi connectivity index (χ3n) is 3.44. The minimum Gasteiger partial charge on any atom is -0.315 e. The van der Waals surface area contributed by atoms with Crippen LogP contribution in [0.1, 0.15) is 50.2 Å². The van der Waals surface area contributed by atoms with Crippen molar-refractivity contribution in [2.75, 3.05) is 13.1 Å². The maximum atomic E-state index is 4.60.